The van der Waals surface area contributed by atoms with Crippen molar-refractivity contribution < 1.29 is 0 Å². The highest BCUT2D eigenvalue weighted by atomic mass is 15.1. The molecule has 0 aromatic heterocycles. The van der Waals surface area contributed by atoms with Crippen molar-refractivity contribution in [3.63, 3.8) is 0 Å². The molecule has 2 N–H and O–H groups in total. The van der Waals surface area contributed by atoms with Gasteiger partial charge in [-0.2, -0.15) is 5.26 Å². The number of hydrogen-bond acceptors (Lipinski definition) is 3. The molecule has 2 aromatic carbocycles. The first-order valence-corrected chi connectivity index (χ1v) is 5.72. The van der Waals surface area contributed by atoms with Crippen LogP contribution in [0.3, 0.4) is 0 Å². The zero-order chi connectivity index (χ0) is 13.1. The molecule has 0 heterocycles. The molecular formula is C15H15N3. The minimum Gasteiger partial charge on any atom is -0.398 e. The van der Waals surface area contributed by atoms with Gasteiger partial charge in [-0.1, -0.05) is 6.07 Å². The lowest BCUT2D eigenvalue weighted by molar-refractivity contribution is 1.20. The van der Waals surface area contributed by atoms with E-state index in [1.54, 1.807) is 0 Å². The molecule has 3 heteroatoms. The van der Waals surface area contributed by atoms with Crippen LogP contribution < -0.4 is 10.6 Å². The topological polar surface area (TPSA) is 53.0 Å². The molecule has 2 rings (SSSR count). The van der Waals surface area contributed by atoms with Crippen LogP contribution in [0.1, 0.15) is 11.1 Å². The lowest BCUT2D eigenvalue weighted by atomic mass is 10.1. The molecule has 0 amide bonds. The zero-order valence-corrected chi connectivity index (χ0v) is 10.5. The summed E-state index contributed by atoms with van der Waals surface area (Å²) in [6.45, 7) is 1.99. The minimum absolute atomic E-state index is 0.663. The minimum atomic E-state index is 0.663. The second kappa shape index (κ2) is 4.80. The Hall–Kier alpha value is -2.47. The van der Waals surface area contributed by atoms with Crippen LogP contribution in [0.5, 0.6) is 0 Å². The number of nitrogen functional groups attached to an aromatic ring is 1. The summed E-state index contributed by atoms with van der Waals surface area (Å²) < 4.78 is 0. The molecule has 0 aliphatic heterocycles. The molecule has 0 unspecified atom stereocenters. The summed E-state index contributed by atoms with van der Waals surface area (Å²) in [4.78, 5) is 2.04. The van der Waals surface area contributed by atoms with E-state index >= 15 is 0 Å². The molecule has 0 bridgehead atoms. The third-order valence-corrected chi connectivity index (χ3v) is 3.03. The average molecular weight is 237 g/mol. The van der Waals surface area contributed by atoms with Crippen molar-refractivity contribution in [2.75, 3.05) is 17.7 Å². The molecule has 0 aliphatic carbocycles. The monoisotopic (exact) mass is 237 g/mol. The fourth-order valence-corrected chi connectivity index (χ4v) is 1.75. The maximum absolute atomic E-state index is 8.77. The van der Waals surface area contributed by atoms with E-state index in [1.807, 2.05) is 61.3 Å². The molecule has 0 radical (unpaired) electrons. The van der Waals surface area contributed by atoms with Gasteiger partial charge in [0.15, 0.2) is 0 Å². The van der Waals surface area contributed by atoms with E-state index in [-0.39, 0.29) is 0 Å². The predicted molar refractivity (Wildman–Crippen MR) is 74.8 cm³/mol. The highest BCUT2D eigenvalue weighted by Crippen LogP contribution is 2.26. The highest BCUT2D eigenvalue weighted by molar-refractivity contribution is 5.67. The summed E-state index contributed by atoms with van der Waals surface area (Å²) in [5, 5.41) is 8.77. The van der Waals surface area contributed by atoms with Gasteiger partial charge in [-0.3, -0.25) is 0 Å². The number of nitrogens with zero attached hydrogens (tertiary/aromatic N) is 2. The van der Waals surface area contributed by atoms with Crippen LogP contribution in [0, 0.1) is 18.3 Å². The van der Waals surface area contributed by atoms with Gasteiger partial charge < -0.3 is 10.6 Å². The van der Waals surface area contributed by atoms with Gasteiger partial charge in [0.25, 0.3) is 0 Å². The smallest absolute Gasteiger partial charge is 0.0991 e. The van der Waals surface area contributed by atoms with Gasteiger partial charge in [0.2, 0.25) is 0 Å². The SMILES string of the molecule is Cc1ccc(N(C)c2ccc(C#N)cc2)cc1N. The summed E-state index contributed by atoms with van der Waals surface area (Å²) in [6.07, 6.45) is 0. The summed E-state index contributed by atoms with van der Waals surface area (Å²) >= 11 is 0. The Bertz CT molecular complexity index is 594. The van der Waals surface area contributed by atoms with Crippen LogP contribution in [0.4, 0.5) is 17.1 Å². The van der Waals surface area contributed by atoms with Crippen LogP contribution in [0.2, 0.25) is 0 Å². The predicted octanol–water partition coefficient (Wildman–Crippen LogP) is 3.22. The van der Waals surface area contributed by atoms with Crippen LogP contribution in [-0.4, -0.2) is 7.05 Å². The Labute approximate surface area is 107 Å². The number of nitrogens with two attached hydrogens (primary N) is 1. The molecule has 0 atom stereocenters. The summed E-state index contributed by atoms with van der Waals surface area (Å²) in [5.74, 6) is 0. The van der Waals surface area contributed by atoms with Crippen molar-refractivity contribution in [3.8, 4) is 6.07 Å². The highest BCUT2D eigenvalue weighted by Gasteiger charge is 2.05. The quantitative estimate of drug-likeness (QED) is 0.816. The van der Waals surface area contributed by atoms with E-state index in [0.29, 0.717) is 5.56 Å². The maximum atomic E-state index is 8.77. The van der Waals surface area contributed by atoms with Gasteiger partial charge in [-0.05, 0) is 48.9 Å². The Morgan fingerprint density at radius 1 is 1.06 bits per heavy atom. The van der Waals surface area contributed by atoms with Crippen molar-refractivity contribution in [1.29, 1.82) is 5.26 Å². The van der Waals surface area contributed by atoms with Crippen molar-refractivity contribution >= 4 is 17.1 Å². The van der Waals surface area contributed by atoms with Crippen LogP contribution >= 0.6 is 0 Å². The summed E-state index contributed by atoms with van der Waals surface area (Å²) in [7, 11) is 1.98. The number of anilines is 3. The first kappa shape index (κ1) is 12.0. The summed E-state index contributed by atoms with van der Waals surface area (Å²) in [6, 6.07) is 15.6. The fraction of sp³-hybridized carbons (Fsp3) is 0.133. The first-order chi connectivity index (χ1) is 8.61. The van der Waals surface area contributed by atoms with E-state index in [0.717, 1.165) is 22.6 Å². The molecule has 3 nitrogen and oxygen atoms in total. The van der Waals surface area contributed by atoms with Gasteiger partial charge >= 0.3 is 0 Å². The van der Waals surface area contributed by atoms with Gasteiger partial charge in [-0.15, -0.1) is 0 Å². The molecule has 0 saturated heterocycles. The second-order valence-electron chi connectivity index (χ2n) is 4.26. The van der Waals surface area contributed by atoms with E-state index in [4.69, 9.17) is 11.0 Å². The second-order valence-corrected chi connectivity index (χ2v) is 4.26. The van der Waals surface area contributed by atoms with E-state index in [1.165, 1.54) is 0 Å². The van der Waals surface area contributed by atoms with Crippen molar-refractivity contribution in [3.05, 3.63) is 53.6 Å². The van der Waals surface area contributed by atoms with Crippen LogP contribution in [-0.2, 0) is 0 Å². The number of benzene rings is 2. The van der Waals surface area contributed by atoms with Gasteiger partial charge in [0.05, 0.1) is 11.6 Å². The molecule has 0 saturated carbocycles. The standard InChI is InChI=1S/C15H15N3/c1-11-3-6-14(9-15(11)17)18(2)13-7-4-12(10-16)5-8-13/h3-9H,17H2,1-2H3. The Morgan fingerprint density at radius 2 is 1.67 bits per heavy atom. The average Bonchev–Trinajstić information content (AvgIpc) is 2.41. The lowest BCUT2D eigenvalue weighted by Crippen LogP contribution is -2.09. The Balaban J connectivity index is 2.32. The largest absolute Gasteiger partial charge is 0.398 e. The number of rotatable bonds is 2. The van der Waals surface area contributed by atoms with Crippen molar-refractivity contribution in [1.82, 2.24) is 0 Å². The van der Waals surface area contributed by atoms with Gasteiger partial charge in [0, 0.05) is 24.1 Å². The maximum Gasteiger partial charge on any atom is 0.0991 e. The normalized spacial score (nSPS) is 9.83. The third-order valence-electron chi connectivity index (χ3n) is 3.03. The molecule has 0 aliphatic rings. The Kier molecular flexibility index (Phi) is 3.20. The van der Waals surface area contributed by atoms with E-state index in [2.05, 4.69) is 6.07 Å². The molecule has 90 valence electrons. The Morgan fingerprint density at radius 3 is 2.22 bits per heavy atom. The van der Waals surface area contributed by atoms with Gasteiger partial charge in [-0.25, -0.2) is 0 Å². The number of aryl methyl sites for hydroxylation is 1. The zero-order valence-electron chi connectivity index (χ0n) is 10.5. The van der Waals surface area contributed by atoms with Crippen LogP contribution in [0.25, 0.3) is 0 Å². The molecule has 0 fully saturated rings. The summed E-state index contributed by atoms with van der Waals surface area (Å²) in [5.41, 5.74) is 10.5. The van der Waals surface area contributed by atoms with E-state index in [9.17, 15) is 0 Å². The molecule has 2 aromatic rings. The van der Waals surface area contributed by atoms with Crippen molar-refractivity contribution in [2.24, 2.45) is 0 Å². The van der Waals surface area contributed by atoms with Crippen molar-refractivity contribution in [2.45, 2.75) is 6.92 Å². The molecule has 0 spiro atoms. The lowest BCUT2D eigenvalue weighted by Gasteiger charge is -2.20. The first-order valence-electron chi connectivity index (χ1n) is 5.72. The number of nitriles is 1. The van der Waals surface area contributed by atoms with Crippen LogP contribution in [0.15, 0.2) is 42.5 Å². The fourth-order valence-electron chi connectivity index (χ4n) is 1.75. The molecule has 18 heavy (non-hydrogen) atoms. The molecular weight excluding hydrogens is 222 g/mol. The number of hydrogen-bond donors (Lipinski definition) is 1. The van der Waals surface area contributed by atoms with Gasteiger partial charge in [0.1, 0.15) is 0 Å². The van der Waals surface area contributed by atoms with E-state index < -0.39 is 0 Å². The third kappa shape index (κ3) is 2.28.